The average Bonchev–Trinajstić information content (AvgIpc) is 2.37. The third-order valence-electron chi connectivity index (χ3n) is 2.22. The predicted molar refractivity (Wildman–Crippen MR) is 59.2 cm³/mol. The Morgan fingerprint density at radius 2 is 2.43 bits per heavy atom. The Bertz CT molecular complexity index is 330. The minimum atomic E-state index is 0.614. The van der Waals surface area contributed by atoms with Crippen molar-refractivity contribution in [3.63, 3.8) is 0 Å². The smallest absolute Gasteiger partial charge is 0.214 e. The first-order valence-electron chi connectivity index (χ1n) is 4.75. The van der Waals surface area contributed by atoms with Gasteiger partial charge in [-0.1, -0.05) is 6.92 Å². The normalized spacial score (nSPS) is 20.6. The fourth-order valence-electron chi connectivity index (χ4n) is 1.42. The van der Waals surface area contributed by atoms with Crippen molar-refractivity contribution in [1.82, 2.24) is 4.98 Å². The van der Waals surface area contributed by atoms with E-state index >= 15 is 0 Å². The molecule has 0 aliphatic carbocycles. The van der Waals surface area contributed by atoms with E-state index in [1.165, 1.54) is 6.42 Å². The Kier molecular flexibility index (Phi) is 2.82. The first-order valence-corrected chi connectivity index (χ1v) is 5.63. The van der Waals surface area contributed by atoms with Crippen molar-refractivity contribution in [1.29, 1.82) is 0 Å². The molecule has 0 saturated carbocycles. The molecule has 1 aliphatic heterocycles. The van der Waals surface area contributed by atoms with Gasteiger partial charge in [-0.3, -0.25) is 0 Å². The van der Waals surface area contributed by atoms with Crippen LogP contribution in [0.4, 0.5) is 5.69 Å². The third kappa shape index (κ3) is 1.95. The molecular formula is C10H14N2OS. The summed E-state index contributed by atoms with van der Waals surface area (Å²) < 4.78 is 5.10. The molecule has 1 N–H and O–H groups in total. The van der Waals surface area contributed by atoms with E-state index in [1.54, 1.807) is 7.11 Å². The number of ether oxygens (including phenoxy) is 1. The van der Waals surface area contributed by atoms with E-state index < -0.39 is 0 Å². The second-order valence-electron chi connectivity index (χ2n) is 3.35. The van der Waals surface area contributed by atoms with Crippen molar-refractivity contribution in [3.8, 4) is 5.88 Å². The summed E-state index contributed by atoms with van der Waals surface area (Å²) in [5.41, 5.74) is 1.13. The zero-order valence-electron chi connectivity index (χ0n) is 8.41. The van der Waals surface area contributed by atoms with Gasteiger partial charge in [0, 0.05) is 17.9 Å². The molecule has 0 radical (unpaired) electrons. The van der Waals surface area contributed by atoms with E-state index in [-0.39, 0.29) is 0 Å². The number of aromatic nitrogens is 1. The van der Waals surface area contributed by atoms with Gasteiger partial charge in [-0.05, 0) is 12.5 Å². The highest BCUT2D eigenvalue weighted by Gasteiger charge is 2.15. The third-order valence-corrected chi connectivity index (χ3v) is 3.40. The van der Waals surface area contributed by atoms with Gasteiger partial charge < -0.3 is 10.1 Å². The molecule has 1 aliphatic rings. The van der Waals surface area contributed by atoms with Crippen molar-refractivity contribution in [2.45, 2.75) is 23.6 Å². The molecule has 2 rings (SSSR count). The van der Waals surface area contributed by atoms with Crippen LogP contribution < -0.4 is 10.1 Å². The summed E-state index contributed by atoms with van der Waals surface area (Å²) in [6.45, 7) is 3.25. The van der Waals surface area contributed by atoms with Crippen molar-refractivity contribution < 1.29 is 4.74 Å². The van der Waals surface area contributed by atoms with Gasteiger partial charge >= 0.3 is 0 Å². The fraction of sp³-hybridized carbons (Fsp3) is 0.500. The van der Waals surface area contributed by atoms with E-state index in [1.807, 2.05) is 23.9 Å². The van der Waals surface area contributed by atoms with Crippen LogP contribution >= 0.6 is 11.8 Å². The van der Waals surface area contributed by atoms with Crippen LogP contribution in [0.15, 0.2) is 17.2 Å². The van der Waals surface area contributed by atoms with Crippen LogP contribution in [0, 0.1) is 0 Å². The van der Waals surface area contributed by atoms with Crippen molar-refractivity contribution in [2.75, 3.05) is 19.0 Å². The van der Waals surface area contributed by atoms with E-state index in [2.05, 4.69) is 17.2 Å². The molecule has 3 nitrogen and oxygen atoms in total. The maximum absolute atomic E-state index is 5.10. The van der Waals surface area contributed by atoms with E-state index in [4.69, 9.17) is 4.74 Å². The molecule has 14 heavy (non-hydrogen) atoms. The SMILES string of the molecule is COc1ccc2c(n1)SC(C)CCN2. The molecule has 0 fully saturated rings. The largest absolute Gasteiger partial charge is 0.481 e. The first-order chi connectivity index (χ1) is 6.79. The molecule has 2 heterocycles. The van der Waals surface area contributed by atoms with Gasteiger partial charge in [-0.15, -0.1) is 11.8 Å². The topological polar surface area (TPSA) is 34.1 Å². The number of rotatable bonds is 1. The zero-order valence-corrected chi connectivity index (χ0v) is 9.23. The molecule has 0 saturated heterocycles. The Labute approximate surface area is 88.3 Å². The lowest BCUT2D eigenvalue weighted by Crippen LogP contribution is -2.03. The molecule has 0 aromatic carbocycles. The Morgan fingerprint density at radius 3 is 3.21 bits per heavy atom. The Morgan fingerprint density at radius 1 is 1.57 bits per heavy atom. The summed E-state index contributed by atoms with van der Waals surface area (Å²) in [7, 11) is 1.65. The number of nitrogens with zero attached hydrogens (tertiary/aromatic N) is 1. The van der Waals surface area contributed by atoms with Crippen LogP contribution in [0.5, 0.6) is 5.88 Å². The van der Waals surface area contributed by atoms with Gasteiger partial charge in [0.2, 0.25) is 5.88 Å². The summed E-state index contributed by atoms with van der Waals surface area (Å²) in [5.74, 6) is 0.687. The van der Waals surface area contributed by atoms with Crippen LogP contribution in [0.1, 0.15) is 13.3 Å². The van der Waals surface area contributed by atoms with E-state index in [9.17, 15) is 0 Å². The number of thioether (sulfide) groups is 1. The van der Waals surface area contributed by atoms with Crippen molar-refractivity contribution in [3.05, 3.63) is 12.1 Å². The molecule has 1 aromatic rings. The first kappa shape index (κ1) is 9.65. The molecule has 0 amide bonds. The highest BCUT2D eigenvalue weighted by molar-refractivity contribution is 8.00. The minimum Gasteiger partial charge on any atom is -0.481 e. The van der Waals surface area contributed by atoms with Gasteiger partial charge in [-0.25, -0.2) is 4.98 Å². The van der Waals surface area contributed by atoms with Crippen LogP contribution in [0.3, 0.4) is 0 Å². The summed E-state index contributed by atoms with van der Waals surface area (Å²) in [4.78, 5) is 4.42. The van der Waals surface area contributed by atoms with Gasteiger partial charge in [0.15, 0.2) is 0 Å². The van der Waals surface area contributed by atoms with Crippen LogP contribution in [0.25, 0.3) is 0 Å². The van der Waals surface area contributed by atoms with Gasteiger partial charge in [0.1, 0.15) is 5.03 Å². The van der Waals surface area contributed by atoms with Gasteiger partial charge in [-0.2, -0.15) is 0 Å². The van der Waals surface area contributed by atoms with Crippen LogP contribution in [-0.4, -0.2) is 23.9 Å². The highest BCUT2D eigenvalue weighted by atomic mass is 32.2. The molecule has 4 heteroatoms. The lowest BCUT2D eigenvalue weighted by molar-refractivity contribution is 0.395. The maximum Gasteiger partial charge on any atom is 0.214 e. The summed E-state index contributed by atoms with van der Waals surface area (Å²) in [6.07, 6.45) is 1.17. The molecule has 1 aromatic heterocycles. The molecule has 0 spiro atoms. The highest BCUT2D eigenvalue weighted by Crippen LogP contribution is 2.34. The number of pyridine rings is 1. The van der Waals surface area contributed by atoms with Crippen molar-refractivity contribution >= 4 is 17.4 Å². The fourth-order valence-corrected chi connectivity index (χ4v) is 2.45. The summed E-state index contributed by atoms with van der Waals surface area (Å²) in [5, 5.41) is 5.03. The average molecular weight is 210 g/mol. The van der Waals surface area contributed by atoms with Gasteiger partial charge in [0.25, 0.3) is 0 Å². The predicted octanol–water partition coefficient (Wildman–Crippen LogP) is 2.39. The maximum atomic E-state index is 5.10. The lowest BCUT2D eigenvalue weighted by Gasteiger charge is -2.08. The van der Waals surface area contributed by atoms with Crippen LogP contribution in [-0.2, 0) is 0 Å². The second-order valence-corrected chi connectivity index (χ2v) is 4.78. The Balaban J connectivity index is 2.32. The second kappa shape index (κ2) is 4.09. The molecular weight excluding hydrogens is 196 g/mol. The van der Waals surface area contributed by atoms with E-state index in [0.29, 0.717) is 11.1 Å². The molecule has 1 atom stereocenters. The number of fused-ring (bicyclic) bond motifs is 1. The monoisotopic (exact) mass is 210 g/mol. The number of hydrogen-bond donors (Lipinski definition) is 1. The number of anilines is 1. The standard InChI is InChI=1S/C10H14N2OS/c1-7-5-6-11-8-3-4-9(13-2)12-10(8)14-7/h3-4,7,11H,5-6H2,1-2H3. The van der Waals surface area contributed by atoms with Crippen molar-refractivity contribution in [2.24, 2.45) is 0 Å². The molecule has 76 valence electrons. The quantitative estimate of drug-likeness (QED) is 0.771. The number of nitrogens with one attached hydrogen (secondary N) is 1. The van der Waals surface area contributed by atoms with E-state index in [0.717, 1.165) is 17.3 Å². The zero-order chi connectivity index (χ0) is 9.97. The van der Waals surface area contributed by atoms with Crippen LogP contribution in [0.2, 0.25) is 0 Å². The molecule has 0 bridgehead atoms. The Hall–Kier alpha value is -0.900. The lowest BCUT2D eigenvalue weighted by atomic mass is 10.3. The number of methoxy groups -OCH3 is 1. The minimum absolute atomic E-state index is 0.614. The molecule has 1 unspecified atom stereocenters. The summed E-state index contributed by atoms with van der Waals surface area (Å²) >= 11 is 1.81. The number of hydrogen-bond acceptors (Lipinski definition) is 4. The van der Waals surface area contributed by atoms with Gasteiger partial charge in [0.05, 0.1) is 12.8 Å². The summed E-state index contributed by atoms with van der Waals surface area (Å²) in [6, 6.07) is 3.93.